The standard InChI is InChI=1S/C13H24N4O/c1-4-5-14-12-8-18-7-11(12)13-16-15-9-17(13)6-10(2)3/h9-12,14H,4-8H2,1-3H3. The molecule has 0 bridgehead atoms. The molecule has 102 valence electrons. The van der Waals surface area contributed by atoms with E-state index in [2.05, 4.69) is 40.9 Å². The van der Waals surface area contributed by atoms with E-state index in [-0.39, 0.29) is 0 Å². The highest BCUT2D eigenvalue weighted by atomic mass is 16.5. The summed E-state index contributed by atoms with van der Waals surface area (Å²) < 4.78 is 7.78. The van der Waals surface area contributed by atoms with Gasteiger partial charge in [0.1, 0.15) is 12.2 Å². The van der Waals surface area contributed by atoms with Crippen LogP contribution in [0.5, 0.6) is 0 Å². The second-order valence-corrected chi connectivity index (χ2v) is 5.44. The molecule has 1 aromatic heterocycles. The van der Waals surface area contributed by atoms with Gasteiger partial charge in [0.2, 0.25) is 0 Å². The molecule has 0 amide bonds. The maximum atomic E-state index is 5.61. The van der Waals surface area contributed by atoms with Gasteiger partial charge in [-0.25, -0.2) is 0 Å². The van der Waals surface area contributed by atoms with Crippen molar-refractivity contribution in [2.75, 3.05) is 19.8 Å². The molecular weight excluding hydrogens is 228 g/mol. The van der Waals surface area contributed by atoms with E-state index in [1.54, 1.807) is 0 Å². The first-order valence-corrected chi connectivity index (χ1v) is 6.91. The van der Waals surface area contributed by atoms with Crippen LogP contribution in [0.3, 0.4) is 0 Å². The van der Waals surface area contributed by atoms with E-state index in [0.29, 0.717) is 17.9 Å². The Bertz CT molecular complexity index is 364. The molecule has 2 heterocycles. The predicted octanol–water partition coefficient (Wildman–Crippen LogP) is 1.42. The van der Waals surface area contributed by atoms with Gasteiger partial charge in [0, 0.05) is 12.6 Å². The van der Waals surface area contributed by atoms with Crippen LogP contribution < -0.4 is 5.32 Å². The highest BCUT2D eigenvalue weighted by Gasteiger charge is 2.32. The van der Waals surface area contributed by atoms with E-state index >= 15 is 0 Å². The number of hydrogen-bond donors (Lipinski definition) is 1. The lowest BCUT2D eigenvalue weighted by Crippen LogP contribution is -2.36. The van der Waals surface area contributed by atoms with Gasteiger partial charge in [-0.1, -0.05) is 20.8 Å². The fourth-order valence-corrected chi connectivity index (χ4v) is 2.42. The van der Waals surface area contributed by atoms with Gasteiger partial charge in [0.05, 0.1) is 19.1 Å². The summed E-state index contributed by atoms with van der Waals surface area (Å²) in [7, 11) is 0. The quantitative estimate of drug-likeness (QED) is 0.832. The normalized spacial score (nSPS) is 24.0. The molecule has 5 nitrogen and oxygen atoms in total. The lowest BCUT2D eigenvalue weighted by molar-refractivity contribution is 0.187. The third-order valence-corrected chi connectivity index (χ3v) is 3.28. The molecule has 18 heavy (non-hydrogen) atoms. The molecule has 2 unspecified atom stereocenters. The molecule has 0 saturated carbocycles. The molecule has 0 aromatic carbocycles. The average Bonchev–Trinajstić information content (AvgIpc) is 2.93. The molecule has 0 radical (unpaired) electrons. The van der Waals surface area contributed by atoms with Gasteiger partial charge in [0.25, 0.3) is 0 Å². The Morgan fingerprint density at radius 3 is 3.06 bits per heavy atom. The fraction of sp³-hybridized carbons (Fsp3) is 0.846. The zero-order valence-corrected chi connectivity index (χ0v) is 11.6. The van der Waals surface area contributed by atoms with Crippen LogP contribution in [0, 0.1) is 5.92 Å². The van der Waals surface area contributed by atoms with E-state index in [1.807, 2.05) is 6.33 Å². The third kappa shape index (κ3) is 3.09. The van der Waals surface area contributed by atoms with Crippen LogP contribution in [-0.4, -0.2) is 40.6 Å². The van der Waals surface area contributed by atoms with E-state index in [9.17, 15) is 0 Å². The summed E-state index contributed by atoms with van der Waals surface area (Å²) in [6.45, 7) is 10.1. The van der Waals surface area contributed by atoms with Gasteiger partial charge in [-0.3, -0.25) is 0 Å². The highest BCUT2D eigenvalue weighted by molar-refractivity contribution is 5.05. The maximum Gasteiger partial charge on any atom is 0.139 e. The summed E-state index contributed by atoms with van der Waals surface area (Å²) in [6, 6.07) is 0.375. The van der Waals surface area contributed by atoms with E-state index in [1.165, 1.54) is 0 Å². The Labute approximate surface area is 109 Å². The zero-order valence-electron chi connectivity index (χ0n) is 11.6. The van der Waals surface area contributed by atoms with E-state index < -0.39 is 0 Å². The molecule has 2 atom stereocenters. The number of rotatable bonds is 6. The van der Waals surface area contributed by atoms with Crippen LogP contribution >= 0.6 is 0 Å². The van der Waals surface area contributed by atoms with Crippen molar-refractivity contribution in [1.29, 1.82) is 0 Å². The van der Waals surface area contributed by atoms with Crippen molar-refractivity contribution >= 4 is 0 Å². The monoisotopic (exact) mass is 252 g/mol. The Kier molecular flexibility index (Phi) is 4.72. The minimum atomic E-state index is 0.331. The van der Waals surface area contributed by atoms with Crippen molar-refractivity contribution in [1.82, 2.24) is 20.1 Å². The zero-order chi connectivity index (χ0) is 13.0. The molecule has 1 fully saturated rings. The number of nitrogens with zero attached hydrogens (tertiary/aromatic N) is 3. The number of aromatic nitrogens is 3. The highest BCUT2D eigenvalue weighted by Crippen LogP contribution is 2.24. The number of hydrogen-bond acceptors (Lipinski definition) is 4. The summed E-state index contributed by atoms with van der Waals surface area (Å²) in [6.07, 6.45) is 2.98. The SMILES string of the molecule is CCCNC1COCC1c1nncn1CC(C)C. The van der Waals surface area contributed by atoms with Crippen LogP contribution in [0.15, 0.2) is 6.33 Å². The Morgan fingerprint density at radius 2 is 2.33 bits per heavy atom. The summed E-state index contributed by atoms with van der Waals surface area (Å²) in [5.74, 6) is 2.00. The van der Waals surface area contributed by atoms with Crippen molar-refractivity contribution in [3.8, 4) is 0 Å². The molecule has 5 heteroatoms. The summed E-state index contributed by atoms with van der Waals surface area (Å²) in [4.78, 5) is 0. The first-order valence-electron chi connectivity index (χ1n) is 6.91. The lowest BCUT2D eigenvalue weighted by Gasteiger charge is -2.19. The van der Waals surface area contributed by atoms with Crippen molar-refractivity contribution in [2.45, 2.75) is 45.7 Å². The van der Waals surface area contributed by atoms with Crippen LogP contribution in [0.2, 0.25) is 0 Å². The molecule has 1 N–H and O–H groups in total. The molecule has 0 spiro atoms. The van der Waals surface area contributed by atoms with Crippen molar-refractivity contribution < 1.29 is 4.74 Å². The minimum Gasteiger partial charge on any atom is -0.379 e. The summed E-state index contributed by atoms with van der Waals surface area (Å²) in [5.41, 5.74) is 0. The first kappa shape index (κ1) is 13.5. The maximum absolute atomic E-state index is 5.61. The van der Waals surface area contributed by atoms with Crippen LogP contribution in [-0.2, 0) is 11.3 Å². The fourth-order valence-electron chi connectivity index (χ4n) is 2.42. The molecule has 1 aliphatic heterocycles. The minimum absolute atomic E-state index is 0.331. The summed E-state index contributed by atoms with van der Waals surface area (Å²) >= 11 is 0. The lowest BCUT2D eigenvalue weighted by atomic mass is 10.0. The molecule has 1 saturated heterocycles. The molecule has 1 aromatic rings. The largest absolute Gasteiger partial charge is 0.379 e. The van der Waals surface area contributed by atoms with Crippen LogP contribution in [0.25, 0.3) is 0 Å². The van der Waals surface area contributed by atoms with Gasteiger partial charge in [0.15, 0.2) is 0 Å². The average molecular weight is 252 g/mol. The van der Waals surface area contributed by atoms with Gasteiger partial charge in [-0.2, -0.15) is 0 Å². The van der Waals surface area contributed by atoms with Gasteiger partial charge >= 0.3 is 0 Å². The van der Waals surface area contributed by atoms with Gasteiger partial charge in [-0.15, -0.1) is 10.2 Å². The van der Waals surface area contributed by atoms with Crippen molar-refractivity contribution in [3.05, 3.63) is 12.2 Å². The third-order valence-electron chi connectivity index (χ3n) is 3.28. The van der Waals surface area contributed by atoms with E-state index in [4.69, 9.17) is 4.74 Å². The van der Waals surface area contributed by atoms with Crippen LogP contribution in [0.1, 0.15) is 38.9 Å². The molecular formula is C13H24N4O. The summed E-state index contributed by atoms with van der Waals surface area (Å²) in [5, 5.41) is 11.9. The van der Waals surface area contributed by atoms with Crippen LogP contribution in [0.4, 0.5) is 0 Å². The molecule has 1 aliphatic rings. The smallest absolute Gasteiger partial charge is 0.139 e. The molecule has 0 aliphatic carbocycles. The van der Waals surface area contributed by atoms with Crippen molar-refractivity contribution in [2.24, 2.45) is 5.92 Å². The first-order chi connectivity index (χ1) is 8.72. The Morgan fingerprint density at radius 1 is 1.50 bits per heavy atom. The van der Waals surface area contributed by atoms with Gasteiger partial charge in [-0.05, 0) is 18.9 Å². The second kappa shape index (κ2) is 6.29. The Balaban J connectivity index is 2.07. The van der Waals surface area contributed by atoms with E-state index in [0.717, 1.165) is 38.5 Å². The number of ether oxygens (including phenoxy) is 1. The topological polar surface area (TPSA) is 52.0 Å². The number of nitrogens with one attached hydrogen (secondary N) is 1. The molecule has 2 rings (SSSR count). The Hall–Kier alpha value is -0.940. The second-order valence-electron chi connectivity index (χ2n) is 5.44. The van der Waals surface area contributed by atoms with Gasteiger partial charge < -0.3 is 14.6 Å². The van der Waals surface area contributed by atoms with Crippen molar-refractivity contribution in [3.63, 3.8) is 0 Å². The predicted molar refractivity (Wildman–Crippen MR) is 70.5 cm³/mol.